The van der Waals surface area contributed by atoms with Crippen LogP contribution in [0.5, 0.6) is 0 Å². The van der Waals surface area contributed by atoms with Gasteiger partial charge in [-0.05, 0) is 30.5 Å². The number of ketones is 1. The molecule has 0 spiro atoms. The highest BCUT2D eigenvalue weighted by Gasteiger charge is 2.45. The zero-order valence-corrected chi connectivity index (χ0v) is 13.7. The van der Waals surface area contributed by atoms with E-state index in [4.69, 9.17) is 0 Å². The number of hydrogen-bond acceptors (Lipinski definition) is 4. The van der Waals surface area contributed by atoms with Crippen LogP contribution < -0.4 is 5.32 Å². The Balaban J connectivity index is 1.63. The van der Waals surface area contributed by atoms with Gasteiger partial charge >= 0.3 is 6.43 Å². The maximum absolute atomic E-state index is 13.4. The molecule has 0 aliphatic heterocycles. The van der Waals surface area contributed by atoms with Crippen LogP contribution in [0.25, 0.3) is 0 Å². The van der Waals surface area contributed by atoms with Gasteiger partial charge in [0.25, 0.3) is 5.91 Å². The average Bonchev–Trinajstić information content (AvgIpc) is 3.40. The maximum atomic E-state index is 13.4. The second-order valence-corrected chi connectivity index (χ2v) is 6.30. The van der Waals surface area contributed by atoms with Crippen molar-refractivity contribution in [2.24, 2.45) is 0 Å². The zero-order valence-electron chi connectivity index (χ0n) is 13.7. The molecule has 1 aliphatic rings. The monoisotopic (exact) mass is 363 g/mol. The first-order valence-electron chi connectivity index (χ1n) is 8.06. The van der Waals surface area contributed by atoms with Gasteiger partial charge in [0.15, 0.2) is 5.78 Å². The number of benzene rings is 1. The standard InChI is InChI=1S/C18H16F3N3O2/c19-13-3-1-2-12(6-13)18(4-5-18)7-15-22-8-11(9-23-15)14(25)10-24-17(26)16(20)21/h1-3,6,8-9,16H,4-5,7,10H2,(H,24,26). The van der Waals surface area contributed by atoms with Crippen molar-refractivity contribution in [3.8, 4) is 0 Å². The Kier molecular flexibility index (Phi) is 5.01. The van der Waals surface area contributed by atoms with E-state index in [-0.39, 0.29) is 16.8 Å². The lowest BCUT2D eigenvalue weighted by Gasteiger charge is -2.15. The van der Waals surface area contributed by atoms with Gasteiger partial charge in [-0.25, -0.2) is 14.4 Å². The number of aromatic nitrogens is 2. The summed E-state index contributed by atoms with van der Waals surface area (Å²) in [6, 6.07) is 6.45. The molecule has 3 rings (SSSR count). The number of amides is 1. The summed E-state index contributed by atoms with van der Waals surface area (Å²) in [6.07, 6.45) is 1.77. The summed E-state index contributed by atoms with van der Waals surface area (Å²) < 4.78 is 37.6. The molecule has 1 fully saturated rings. The number of alkyl halides is 2. The topological polar surface area (TPSA) is 72.0 Å². The summed E-state index contributed by atoms with van der Waals surface area (Å²) in [5.74, 6) is -1.83. The van der Waals surface area contributed by atoms with Crippen LogP contribution >= 0.6 is 0 Å². The van der Waals surface area contributed by atoms with Crippen molar-refractivity contribution in [3.05, 3.63) is 59.4 Å². The molecule has 0 unspecified atom stereocenters. The number of halogens is 3. The zero-order chi connectivity index (χ0) is 18.7. The number of nitrogens with zero attached hydrogens (tertiary/aromatic N) is 2. The van der Waals surface area contributed by atoms with Crippen molar-refractivity contribution in [2.45, 2.75) is 31.1 Å². The van der Waals surface area contributed by atoms with Crippen molar-refractivity contribution >= 4 is 11.7 Å². The fraction of sp³-hybridized carbons (Fsp3) is 0.333. The highest BCUT2D eigenvalue weighted by Crippen LogP contribution is 2.50. The number of nitrogens with one attached hydrogen (secondary N) is 1. The molecule has 1 aliphatic carbocycles. The summed E-state index contributed by atoms with van der Waals surface area (Å²) in [5.41, 5.74) is 0.841. The lowest BCUT2D eigenvalue weighted by molar-refractivity contribution is -0.131. The quantitative estimate of drug-likeness (QED) is 0.767. The molecule has 1 saturated carbocycles. The molecule has 5 nitrogen and oxygen atoms in total. The molecule has 1 aromatic heterocycles. The minimum absolute atomic E-state index is 0.124. The minimum Gasteiger partial charge on any atom is -0.344 e. The van der Waals surface area contributed by atoms with Gasteiger partial charge in [0.05, 0.1) is 12.1 Å². The van der Waals surface area contributed by atoms with E-state index in [1.54, 1.807) is 6.07 Å². The van der Waals surface area contributed by atoms with Crippen molar-refractivity contribution in [3.63, 3.8) is 0 Å². The first kappa shape index (κ1) is 18.0. The second-order valence-electron chi connectivity index (χ2n) is 6.30. The summed E-state index contributed by atoms with van der Waals surface area (Å²) >= 11 is 0. The third kappa shape index (κ3) is 4.07. The molecular weight excluding hydrogens is 347 g/mol. The third-order valence-corrected chi connectivity index (χ3v) is 4.44. The van der Waals surface area contributed by atoms with Crippen LogP contribution in [0.3, 0.4) is 0 Å². The predicted octanol–water partition coefficient (Wildman–Crippen LogP) is 2.45. The molecule has 2 aromatic rings. The lowest BCUT2D eigenvalue weighted by Crippen LogP contribution is -2.34. The highest BCUT2D eigenvalue weighted by molar-refractivity contribution is 5.99. The smallest absolute Gasteiger partial charge is 0.315 e. The molecule has 1 heterocycles. The van der Waals surface area contributed by atoms with Crippen LogP contribution in [0, 0.1) is 5.82 Å². The number of carbonyl (C=O) groups excluding carboxylic acids is 2. The molecule has 8 heteroatoms. The summed E-state index contributed by atoms with van der Waals surface area (Å²) in [4.78, 5) is 30.9. The van der Waals surface area contributed by atoms with Gasteiger partial charge in [0, 0.05) is 24.2 Å². The van der Waals surface area contributed by atoms with Crippen LogP contribution in [0.2, 0.25) is 0 Å². The first-order valence-corrected chi connectivity index (χ1v) is 8.06. The van der Waals surface area contributed by atoms with E-state index in [0.717, 1.165) is 18.4 Å². The number of rotatable bonds is 7. The van der Waals surface area contributed by atoms with Crippen molar-refractivity contribution in [1.82, 2.24) is 15.3 Å². The van der Waals surface area contributed by atoms with E-state index in [9.17, 15) is 22.8 Å². The van der Waals surface area contributed by atoms with Gasteiger partial charge < -0.3 is 5.32 Å². The number of carbonyl (C=O) groups is 2. The number of hydrogen-bond donors (Lipinski definition) is 1. The summed E-state index contributed by atoms with van der Waals surface area (Å²) in [5, 5.41) is 1.84. The highest BCUT2D eigenvalue weighted by atomic mass is 19.3. The Morgan fingerprint density at radius 3 is 2.46 bits per heavy atom. The Labute approximate surface area is 147 Å². The van der Waals surface area contributed by atoms with E-state index >= 15 is 0 Å². The third-order valence-electron chi connectivity index (χ3n) is 4.44. The van der Waals surface area contributed by atoms with Gasteiger partial charge in [-0.1, -0.05) is 12.1 Å². The fourth-order valence-corrected chi connectivity index (χ4v) is 2.78. The maximum Gasteiger partial charge on any atom is 0.315 e. The normalized spacial score (nSPS) is 14.9. The van der Waals surface area contributed by atoms with E-state index in [1.165, 1.54) is 24.5 Å². The van der Waals surface area contributed by atoms with Crippen LogP contribution in [-0.4, -0.2) is 34.6 Å². The second kappa shape index (κ2) is 7.23. The first-order chi connectivity index (χ1) is 12.4. The Hall–Kier alpha value is -2.77. The fourth-order valence-electron chi connectivity index (χ4n) is 2.78. The molecule has 1 amide bonds. The Morgan fingerprint density at radius 1 is 1.19 bits per heavy atom. The van der Waals surface area contributed by atoms with Gasteiger partial charge in [0.2, 0.25) is 0 Å². The lowest BCUT2D eigenvalue weighted by atomic mass is 9.92. The largest absolute Gasteiger partial charge is 0.344 e. The Bertz CT molecular complexity index is 821. The van der Waals surface area contributed by atoms with Crippen molar-refractivity contribution < 1.29 is 22.8 Å². The van der Waals surface area contributed by atoms with Crippen LogP contribution in [0.4, 0.5) is 13.2 Å². The molecule has 0 atom stereocenters. The van der Waals surface area contributed by atoms with E-state index < -0.39 is 24.7 Å². The molecule has 26 heavy (non-hydrogen) atoms. The molecule has 0 saturated heterocycles. The van der Waals surface area contributed by atoms with E-state index in [2.05, 4.69) is 9.97 Å². The van der Waals surface area contributed by atoms with Crippen molar-refractivity contribution in [1.29, 1.82) is 0 Å². The SMILES string of the molecule is O=C(CNC(=O)C(F)F)c1cnc(CC2(c3cccc(F)c3)CC2)nc1. The van der Waals surface area contributed by atoms with E-state index in [1.807, 2.05) is 11.4 Å². The van der Waals surface area contributed by atoms with Crippen LogP contribution in [-0.2, 0) is 16.6 Å². The van der Waals surface area contributed by atoms with Gasteiger partial charge in [-0.2, -0.15) is 8.78 Å². The van der Waals surface area contributed by atoms with Crippen LogP contribution in [0.1, 0.15) is 34.6 Å². The van der Waals surface area contributed by atoms with Gasteiger partial charge in [-0.3, -0.25) is 9.59 Å². The van der Waals surface area contributed by atoms with Gasteiger partial charge in [-0.15, -0.1) is 0 Å². The summed E-state index contributed by atoms with van der Waals surface area (Å²) in [6.45, 7) is -0.543. The predicted molar refractivity (Wildman–Crippen MR) is 86.4 cm³/mol. The van der Waals surface area contributed by atoms with Gasteiger partial charge in [0.1, 0.15) is 11.6 Å². The van der Waals surface area contributed by atoms with Crippen molar-refractivity contribution in [2.75, 3.05) is 6.54 Å². The molecule has 136 valence electrons. The minimum atomic E-state index is -3.17. The molecule has 0 radical (unpaired) electrons. The molecular formula is C18H16F3N3O2. The molecule has 1 N–H and O–H groups in total. The van der Waals surface area contributed by atoms with E-state index in [0.29, 0.717) is 12.2 Å². The molecule has 0 bridgehead atoms. The Morgan fingerprint density at radius 2 is 1.88 bits per heavy atom. The summed E-state index contributed by atoms with van der Waals surface area (Å²) in [7, 11) is 0. The number of Topliss-reactive ketones (excluding diaryl/α,β-unsaturated/α-hetero) is 1. The molecule has 1 aromatic carbocycles. The average molecular weight is 363 g/mol. The van der Waals surface area contributed by atoms with Crippen LogP contribution in [0.15, 0.2) is 36.7 Å².